The summed E-state index contributed by atoms with van der Waals surface area (Å²) in [5.74, 6) is 0. The first-order valence-electron chi connectivity index (χ1n) is 7.02. The van der Waals surface area contributed by atoms with E-state index in [1.165, 1.54) is 0 Å². The van der Waals surface area contributed by atoms with Crippen molar-refractivity contribution < 1.29 is 5.11 Å². The van der Waals surface area contributed by atoms with Crippen LogP contribution in [-0.4, -0.2) is 19.5 Å². The van der Waals surface area contributed by atoms with Crippen LogP contribution in [0.3, 0.4) is 0 Å². The molecule has 0 saturated heterocycles. The van der Waals surface area contributed by atoms with Crippen LogP contribution in [0.15, 0.2) is 30.6 Å². The summed E-state index contributed by atoms with van der Waals surface area (Å²) in [5.41, 5.74) is 1.96. The van der Waals surface area contributed by atoms with E-state index in [9.17, 15) is 5.11 Å². The van der Waals surface area contributed by atoms with Crippen LogP contribution in [0.25, 0.3) is 0 Å². The van der Waals surface area contributed by atoms with E-state index < -0.39 is 6.10 Å². The second kappa shape index (κ2) is 6.06. The zero-order valence-corrected chi connectivity index (χ0v) is 12.0. The molecule has 0 bridgehead atoms. The van der Waals surface area contributed by atoms with Crippen molar-refractivity contribution in [3.63, 3.8) is 0 Å². The second-order valence-electron chi connectivity index (χ2n) is 4.99. The Morgan fingerprint density at radius 3 is 2.58 bits per heavy atom. The van der Waals surface area contributed by atoms with Gasteiger partial charge in [0.05, 0.1) is 24.4 Å². The van der Waals surface area contributed by atoms with Crippen molar-refractivity contribution in [1.29, 1.82) is 0 Å². The summed E-state index contributed by atoms with van der Waals surface area (Å²) in [6.07, 6.45) is 5.78. The van der Waals surface area contributed by atoms with E-state index >= 15 is 0 Å². The second-order valence-corrected chi connectivity index (χ2v) is 4.99. The summed E-state index contributed by atoms with van der Waals surface area (Å²) in [5, 5.41) is 14.3. The Balaban J connectivity index is 2.13. The molecule has 0 fully saturated rings. The van der Waals surface area contributed by atoms with Crippen LogP contribution in [0.2, 0.25) is 0 Å². The fourth-order valence-electron chi connectivity index (χ4n) is 2.45. The third-order valence-corrected chi connectivity index (χ3v) is 3.61. The molecular formula is C15H23N3O. The molecular weight excluding hydrogens is 238 g/mol. The van der Waals surface area contributed by atoms with Crippen molar-refractivity contribution in [2.75, 3.05) is 0 Å². The maximum atomic E-state index is 9.69. The largest absolute Gasteiger partial charge is 0.387 e. The van der Waals surface area contributed by atoms with Crippen molar-refractivity contribution in [3.05, 3.63) is 42.0 Å². The third-order valence-electron chi connectivity index (χ3n) is 3.61. The lowest BCUT2D eigenvalue weighted by Gasteiger charge is -2.13. The molecule has 2 rings (SSSR count). The van der Waals surface area contributed by atoms with Crippen molar-refractivity contribution in [2.45, 2.75) is 52.3 Å². The molecule has 1 N–H and O–H groups in total. The number of rotatable bonds is 6. The van der Waals surface area contributed by atoms with E-state index in [1.54, 1.807) is 6.92 Å². The number of aliphatic hydroxyl groups excluding tert-OH is 1. The quantitative estimate of drug-likeness (QED) is 0.868. The van der Waals surface area contributed by atoms with Crippen molar-refractivity contribution in [2.24, 2.45) is 0 Å². The zero-order chi connectivity index (χ0) is 13.8. The molecule has 4 heteroatoms. The lowest BCUT2D eigenvalue weighted by atomic mass is 10.2. The summed E-state index contributed by atoms with van der Waals surface area (Å²) in [6.45, 7) is 6.87. The van der Waals surface area contributed by atoms with Gasteiger partial charge >= 0.3 is 0 Å². The van der Waals surface area contributed by atoms with Crippen molar-refractivity contribution in [3.8, 4) is 0 Å². The standard InChI is InChI=1S/C15H23N3O/c1-4-14(5-2)18-10-8-13(16-18)11-17-9-6-7-15(17)12(3)19/h6-10,12,14,19H,4-5,11H2,1-3H3. The molecule has 0 amide bonds. The summed E-state index contributed by atoms with van der Waals surface area (Å²) in [7, 11) is 0. The summed E-state index contributed by atoms with van der Waals surface area (Å²) < 4.78 is 4.10. The molecule has 0 aliphatic rings. The fraction of sp³-hybridized carbons (Fsp3) is 0.533. The maximum Gasteiger partial charge on any atom is 0.0911 e. The Kier molecular flexibility index (Phi) is 4.43. The Morgan fingerprint density at radius 2 is 1.95 bits per heavy atom. The van der Waals surface area contributed by atoms with Crippen molar-refractivity contribution >= 4 is 0 Å². The monoisotopic (exact) mass is 261 g/mol. The minimum Gasteiger partial charge on any atom is -0.387 e. The fourth-order valence-corrected chi connectivity index (χ4v) is 2.45. The Morgan fingerprint density at radius 1 is 1.21 bits per heavy atom. The molecule has 4 nitrogen and oxygen atoms in total. The average molecular weight is 261 g/mol. The van der Waals surface area contributed by atoms with Crippen LogP contribution in [0.5, 0.6) is 0 Å². The normalized spacial score (nSPS) is 13.1. The molecule has 0 aromatic carbocycles. The minimum atomic E-state index is -0.448. The van der Waals surface area contributed by atoms with E-state index in [4.69, 9.17) is 0 Å². The van der Waals surface area contributed by atoms with Crippen LogP contribution >= 0.6 is 0 Å². The predicted molar refractivity (Wildman–Crippen MR) is 76.0 cm³/mol. The van der Waals surface area contributed by atoms with Gasteiger partial charge in [-0.05, 0) is 38.0 Å². The highest BCUT2D eigenvalue weighted by molar-refractivity contribution is 5.12. The summed E-state index contributed by atoms with van der Waals surface area (Å²) >= 11 is 0. The van der Waals surface area contributed by atoms with Gasteiger partial charge in [-0.1, -0.05) is 13.8 Å². The first-order valence-corrected chi connectivity index (χ1v) is 7.02. The molecule has 1 unspecified atom stereocenters. The lowest BCUT2D eigenvalue weighted by Crippen LogP contribution is -2.10. The molecule has 104 valence electrons. The molecule has 19 heavy (non-hydrogen) atoms. The number of hydrogen-bond donors (Lipinski definition) is 1. The van der Waals surface area contributed by atoms with E-state index in [1.807, 2.05) is 22.9 Å². The van der Waals surface area contributed by atoms with E-state index in [-0.39, 0.29) is 0 Å². The van der Waals surface area contributed by atoms with Gasteiger partial charge in [0.1, 0.15) is 0 Å². The smallest absolute Gasteiger partial charge is 0.0911 e. The maximum absolute atomic E-state index is 9.69. The Labute approximate surface area is 114 Å². The van der Waals surface area contributed by atoms with Gasteiger partial charge in [0, 0.05) is 18.1 Å². The molecule has 2 aromatic rings. The van der Waals surface area contributed by atoms with Gasteiger partial charge in [0.2, 0.25) is 0 Å². The SMILES string of the molecule is CCC(CC)n1ccc(Cn2cccc2C(C)O)n1. The predicted octanol–water partition coefficient (Wildman–Crippen LogP) is 3.15. The number of nitrogens with zero attached hydrogens (tertiary/aromatic N) is 3. The van der Waals surface area contributed by atoms with Crippen LogP contribution in [-0.2, 0) is 6.54 Å². The van der Waals surface area contributed by atoms with E-state index in [0.29, 0.717) is 12.6 Å². The molecule has 2 aromatic heterocycles. The highest BCUT2D eigenvalue weighted by Crippen LogP contribution is 2.17. The van der Waals surface area contributed by atoms with Gasteiger partial charge < -0.3 is 9.67 Å². The topological polar surface area (TPSA) is 43.0 Å². The summed E-state index contributed by atoms with van der Waals surface area (Å²) in [6, 6.07) is 6.45. The highest BCUT2D eigenvalue weighted by Gasteiger charge is 2.10. The van der Waals surface area contributed by atoms with Crippen LogP contribution in [0.1, 0.15) is 57.1 Å². The van der Waals surface area contributed by atoms with Gasteiger partial charge in [-0.2, -0.15) is 5.10 Å². The van der Waals surface area contributed by atoms with Gasteiger partial charge in [-0.15, -0.1) is 0 Å². The van der Waals surface area contributed by atoms with Gasteiger partial charge in [0.25, 0.3) is 0 Å². The number of aliphatic hydroxyl groups is 1. The van der Waals surface area contributed by atoms with Crippen LogP contribution in [0, 0.1) is 0 Å². The Hall–Kier alpha value is -1.55. The molecule has 0 radical (unpaired) electrons. The molecule has 0 saturated carbocycles. The minimum absolute atomic E-state index is 0.448. The van der Waals surface area contributed by atoms with E-state index in [0.717, 1.165) is 24.2 Å². The molecule has 1 atom stereocenters. The Bertz CT molecular complexity index is 509. The lowest BCUT2D eigenvalue weighted by molar-refractivity contribution is 0.189. The third kappa shape index (κ3) is 3.07. The number of aromatic nitrogens is 3. The van der Waals surface area contributed by atoms with Crippen LogP contribution < -0.4 is 0 Å². The van der Waals surface area contributed by atoms with Gasteiger partial charge in [-0.3, -0.25) is 4.68 Å². The van der Waals surface area contributed by atoms with Gasteiger partial charge in [-0.25, -0.2) is 0 Å². The average Bonchev–Trinajstić information content (AvgIpc) is 3.01. The summed E-state index contributed by atoms with van der Waals surface area (Å²) in [4.78, 5) is 0. The highest BCUT2D eigenvalue weighted by atomic mass is 16.3. The number of hydrogen-bond acceptors (Lipinski definition) is 2. The molecule has 0 aliphatic heterocycles. The zero-order valence-electron chi connectivity index (χ0n) is 12.0. The first kappa shape index (κ1) is 13.9. The first-order chi connectivity index (χ1) is 9.15. The van der Waals surface area contributed by atoms with Crippen LogP contribution in [0.4, 0.5) is 0 Å². The van der Waals surface area contributed by atoms with Gasteiger partial charge in [0.15, 0.2) is 0 Å². The van der Waals surface area contributed by atoms with Crippen molar-refractivity contribution in [1.82, 2.24) is 14.3 Å². The molecule has 0 spiro atoms. The molecule has 0 aliphatic carbocycles. The van der Waals surface area contributed by atoms with E-state index in [2.05, 4.69) is 35.9 Å². The molecule has 2 heterocycles.